The van der Waals surface area contributed by atoms with Crippen LogP contribution in [0, 0.1) is 5.92 Å². The van der Waals surface area contributed by atoms with Crippen molar-refractivity contribution in [3.63, 3.8) is 0 Å². The van der Waals surface area contributed by atoms with Gasteiger partial charge in [-0.05, 0) is 36.2 Å². The van der Waals surface area contributed by atoms with Gasteiger partial charge in [0.1, 0.15) is 17.0 Å². The summed E-state index contributed by atoms with van der Waals surface area (Å²) in [6.45, 7) is 13.8. The molecular formula is C29H38N2O4SSi. The lowest BCUT2D eigenvalue weighted by atomic mass is 9.92. The van der Waals surface area contributed by atoms with Gasteiger partial charge in [-0.25, -0.2) is 4.79 Å². The number of amides is 1. The number of thioether (sulfide) groups is 1. The second kappa shape index (κ2) is 10.7. The first kappa shape index (κ1) is 27.5. The second-order valence-electron chi connectivity index (χ2n) is 11.4. The van der Waals surface area contributed by atoms with Crippen LogP contribution >= 0.6 is 11.8 Å². The fourth-order valence-electron chi connectivity index (χ4n) is 4.45. The third-order valence-electron chi connectivity index (χ3n) is 7.57. The Balaban J connectivity index is 1.56. The van der Waals surface area contributed by atoms with E-state index in [9.17, 15) is 9.59 Å². The van der Waals surface area contributed by atoms with E-state index >= 15 is 0 Å². The molecule has 2 heterocycles. The summed E-state index contributed by atoms with van der Waals surface area (Å²) in [5.74, 6) is -0.851. The highest BCUT2D eigenvalue weighted by Gasteiger charge is 2.59. The number of hydrogen-bond donors (Lipinski definition) is 0. The van der Waals surface area contributed by atoms with Crippen LogP contribution in [0.15, 0.2) is 71.4 Å². The molecule has 198 valence electrons. The van der Waals surface area contributed by atoms with E-state index in [1.54, 1.807) is 16.7 Å². The Morgan fingerprint density at radius 1 is 1.05 bits per heavy atom. The molecule has 0 unspecified atom stereocenters. The van der Waals surface area contributed by atoms with E-state index in [2.05, 4.69) is 46.0 Å². The molecule has 2 aliphatic heterocycles. The number of hydrogen-bond acceptors (Lipinski definition) is 6. The molecule has 8 heteroatoms. The molecule has 2 aromatic rings. The number of benzene rings is 2. The van der Waals surface area contributed by atoms with Crippen LogP contribution in [-0.2, 0) is 31.9 Å². The van der Waals surface area contributed by atoms with E-state index in [0.717, 1.165) is 16.2 Å². The van der Waals surface area contributed by atoms with Crippen LogP contribution in [-0.4, -0.2) is 48.5 Å². The van der Waals surface area contributed by atoms with Crippen molar-refractivity contribution < 1.29 is 18.8 Å². The van der Waals surface area contributed by atoms with E-state index in [1.807, 2.05) is 67.4 Å². The Kier molecular flexibility index (Phi) is 7.92. The Labute approximate surface area is 226 Å². The minimum atomic E-state index is -2.06. The Morgan fingerprint density at radius 2 is 1.62 bits per heavy atom. The number of fused-ring (bicyclic) bond motifs is 1. The van der Waals surface area contributed by atoms with Crippen molar-refractivity contribution in [2.75, 3.05) is 7.05 Å². The molecule has 0 spiro atoms. The van der Waals surface area contributed by atoms with Crippen molar-refractivity contribution in [3.05, 3.63) is 82.5 Å². The average Bonchev–Trinajstić information content (AvgIpc) is 3.18. The lowest BCUT2D eigenvalue weighted by molar-refractivity contribution is -0.158. The van der Waals surface area contributed by atoms with Crippen LogP contribution in [0.2, 0.25) is 18.1 Å². The van der Waals surface area contributed by atoms with Crippen molar-refractivity contribution in [1.82, 2.24) is 9.80 Å². The molecule has 1 fully saturated rings. The van der Waals surface area contributed by atoms with E-state index in [1.165, 1.54) is 0 Å². The monoisotopic (exact) mass is 538 g/mol. The third kappa shape index (κ3) is 5.66. The molecule has 37 heavy (non-hydrogen) atoms. The van der Waals surface area contributed by atoms with Gasteiger partial charge in [0.15, 0.2) is 14.0 Å². The zero-order valence-corrected chi connectivity index (χ0v) is 24.7. The molecule has 0 aromatic heterocycles. The number of nitrogens with zero attached hydrogens (tertiary/aromatic N) is 2. The van der Waals surface area contributed by atoms with Gasteiger partial charge in [-0.2, -0.15) is 0 Å². The largest absolute Gasteiger partial charge is 0.456 e. The van der Waals surface area contributed by atoms with Gasteiger partial charge >= 0.3 is 5.97 Å². The normalized spacial score (nSPS) is 20.4. The van der Waals surface area contributed by atoms with Gasteiger partial charge in [-0.3, -0.25) is 9.69 Å². The highest BCUT2D eigenvalue weighted by molar-refractivity contribution is 8.04. The quantitative estimate of drug-likeness (QED) is 0.223. The van der Waals surface area contributed by atoms with Gasteiger partial charge in [0.2, 0.25) is 5.91 Å². The predicted octanol–water partition coefficient (Wildman–Crippen LogP) is 5.97. The van der Waals surface area contributed by atoms with E-state index in [-0.39, 0.29) is 34.9 Å². The summed E-state index contributed by atoms with van der Waals surface area (Å²) in [5, 5.41) is 0.629. The first-order valence-electron chi connectivity index (χ1n) is 12.8. The van der Waals surface area contributed by atoms with Gasteiger partial charge in [0.05, 0.1) is 12.0 Å². The number of ether oxygens (including phenoxy) is 1. The van der Waals surface area contributed by atoms with Crippen LogP contribution in [0.3, 0.4) is 0 Å². The van der Waals surface area contributed by atoms with E-state index in [0.29, 0.717) is 12.2 Å². The van der Waals surface area contributed by atoms with Crippen LogP contribution in [0.25, 0.3) is 0 Å². The molecule has 3 atom stereocenters. The van der Waals surface area contributed by atoms with E-state index in [4.69, 9.17) is 9.16 Å². The van der Waals surface area contributed by atoms with Crippen LogP contribution in [0.4, 0.5) is 0 Å². The van der Waals surface area contributed by atoms with Crippen molar-refractivity contribution in [2.45, 2.75) is 70.5 Å². The third-order valence-corrected chi connectivity index (χ3v) is 13.6. The molecule has 0 aliphatic carbocycles. The molecule has 6 nitrogen and oxygen atoms in total. The summed E-state index contributed by atoms with van der Waals surface area (Å²) in [6, 6.07) is 19.7. The van der Waals surface area contributed by atoms with Gasteiger partial charge in [0, 0.05) is 13.6 Å². The average molecular weight is 539 g/mol. The molecule has 1 amide bonds. The molecule has 0 radical (unpaired) electrons. The van der Waals surface area contributed by atoms with Crippen molar-refractivity contribution >= 4 is 32.0 Å². The molecule has 0 bridgehead atoms. The summed E-state index contributed by atoms with van der Waals surface area (Å²) in [5.41, 5.74) is 2.37. The molecule has 0 N–H and O–H groups in total. The molecule has 4 rings (SSSR count). The minimum Gasteiger partial charge on any atom is -0.456 e. The molecule has 0 saturated carbocycles. The molecule has 2 aromatic carbocycles. The molecule has 1 saturated heterocycles. The summed E-state index contributed by atoms with van der Waals surface area (Å²) in [4.78, 5) is 30.6. The van der Waals surface area contributed by atoms with Gasteiger partial charge in [-0.1, -0.05) is 93.2 Å². The van der Waals surface area contributed by atoms with Gasteiger partial charge in [-0.15, -0.1) is 0 Å². The zero-order chi connectivity index (χ0) is 27.0. The number of β-lactam (4-membered cyclic amide) rings is 1. The SMILES string of the molecule is C[C@H](O[Si](C)(C)C(C)(C)C)[C@H]1C(=O)N2C(C(=O)OCc3ccccc3)=C(N(C)Cc3ccccc3)S[C@H]12. The van der Waals surface area contributed by atoms with Crippen LogP contribution < -0.4 is 0 Å². The maximum absolute atomic E-state index is 13.5. The summed E-state index contributed by atoms with van der Waals surface area (Å²) in [6.07, 6.45) is -0.234. The predicted molar refractivity (Wildman–Crippen MR) is 151 cm³/mol. The first-order chi connectivity index (χ1) is 17.4. The summed E-state index contributed by atoms with van der Waals surface area (Å²) < 4.78 is 12.3. The Hall–Kier alpha value is -2.55. The van der Waals surface area contributed by atoms with E-state index < -0.39 is 14.3 Å². The minimum absolute atomic E-state index is 0.0439. The Morgan fingerprint density at radius 3 is 2.19 bits per heavy atom. The lowest BCUT2D eigenvalue weighted by Gasteiger charge is -2.48. The molecular weight excluding hydrogens is 500 g/mol. The second-order valence-corrected chi connectivity index (χ2v) is 17.2. The lowest BCUT2D eigenvalue weighted by Crippen LogP contribution is -2.62. The summed E-state index contributed by atoms with van der Waals surface area (Å²) >= 11 is 1.56. The smallest absolute Gasteiger partial charge is 0.358 e. The fourth-order valence-corrected chi connectivity index (χ4v) is 7.44. The molecule has 2 aliphatic rings. The standard InChI is InChI=1S/C29H38N2O4SSi/c1-20(35-37(6,7)29(2,3)4)23-25(32)31-24(28(33)34-19-22-16-12-9-13-17-22)27(36-26(23)31)30(5)18-21-14-10-8-11-15-21/h8-17,20,23,26H,18-19H2,1-7H3/t20-,23-,26+/m0/s1. The van der Waals surface area contributed by atoms with Crippen molar-refractivity contribution in [3.8, 4) is 0 Å². The summed E-state index contributed by atoms with van der Waals surface area (Å²) in [7, 11) is -0.102. The fraction of sp³-hybridized carbons (Fsp3) is 0.448. The highest BCUT2D eigenvalue weighted by atomic mass is 32.2. The van der Waals surface area contributed by atoms with Crippen molar-refractivity contribution in [1.29, 1.82) is 0 Å². The highest BCUT2D eigenvalue weighted by Crippen LogP contribution is 2.52. The number of esters is 1. The van der Waals surface area contributed by atoms with Gasteiger partial charge in [0.25, 0.3) is 0 Å². The number of carbonyl (C=O) groups is 2. The maximum atomic E-state index is 13.5. The Bertz CT molecular complexity index is 1160. The number of carbonyl (C=O) groups excluding carboxylic acids is 2. The first-order valence-corrected chi connectivity index (χ1v) is 16.6. The van der Waals surface area contributed by atoms with Gasteiger partial charge < -0.3 is 14.1 Å². The van der Waals surface area contributed by atoms with Crippen molar-refractivity contribution in [2.24, 2.45) is 5.92 Å². The maximum Gasteiger partial charge on any atom is 0.358 e. The van der Waals surface area contributed by atoms with Crippen LogP contribution in [0.1, 0.15) is 38.8 Å². The topological polar surface area (TPSA) is 59.1 Å². The van der Waals surface area contributed by atoms with Crippen LogP contribution in [0.5, 0.6) is 0 Å². The number of rotatable bonds is 9. The zero-order valence-electron chi connectivity index (χ0n) is 22.9.